The molecule has 1 fully saturated rings. The van der Waals surface area contributed by atoms with Crippen LogP contribution in [0.4, 0.5) is 11.4 Å². The first-order chi connectivity index (χ1) is 17.5. The maximum absolute atomic E-state index is 13.6. The van der Waals surface area contributed by atoms with Crippen molar-refractivity contribution in [1.29, 1.82) is 0 Å². The van der Waals surface area contributed by atoms with E-state index in [1.165, 1.54) is 0 Å². The van der Waals surface area contributed by atoms with Crippen LogP contribution in [0.5, 0.6) is 5.75 Å². The Labute approximate surface area is 211 Å². The van der Waals surface area contributed by atoms with Crippen LogP contribution >= 0.6 is 0 Å². The molecule has 36 heavy (non-hydrogen) atoms. The number of rotatable bonds is 6. The fourth-order valence-electron chi connectivity index (χ4n) is 4.74. The number of guanidine groups is 1. The minimum Gasteiger partial charge on any atom is -0.497 e. The van der Waals surface area contributed by atoms with Crippen LogP contribution in [0.1, 0.15) is 22.8 Å². The Balaban J connectivity index is 1.36. The Morgan fingerprint density at radius 3 is 2.08 bits per heavy atom. The Hall–Kier alpha value is -4.13. The molecule has 1 saturated heterocycles. The molecule has 0 bridgehead atoms. The van der Waals surface area contributed by atoms with E-state index in [1.807, 2.05) is 78.9 Å². The number of methoxy groups -OCH3 is 1. The molecule has 0 aliphatic carbocycles. The molecule has 1 unspecified atom stereocenters. The molecule has 184 valence electrons. The van der Waals surface area contributed by atoms with Crippen LogP contribution < -0.4 is 14.5 Å². The fraction of sp³-hybridized carbons (Fsp3) is 0.276. The summed E-state index contributed by atoms with van der Waals surface area (Å²) in [4.78, 5) is 36.4. The first-order valence-electron chi connectivity index (χ1n) is 12.2. The van der Waals surface area contributed by atoms with Crippen molar-refractivity contribution in [1.82, 2.24) is 4.90 Å². The molecule has 5 rings (SSSR count). The predicted octanol–water partition coefficient (Wildman–Crippen LogP) is 4.03. The van der Waals surface area contributed by atoms with Crippen LogP contribution in [0.2, 0.25) is 0 Å². The van der Waals surface area contributed by atoms with E-state index in [1.54, 1.807) is 18.9 Å². The second-order valence-electron chi connectivity index (χ2n) is 9.08. The number of Topliss-reactive ketones (excluding diaryl/α,β-unsaturated/α-hetero) is 1. The van der Waals surface area contributed by atoms with Gasteiger partial charge in [-0.15, -0.1) is 0 Å². The Bertz CT molecular complexity index is 1250. The molecule has 1 amide bonds. The van der Waals surface area contributed by atoms with Gasteiger partial charge < -0.3 is 14.5 Å². The van der Waals surface area contributed by atoms with Crippen molar-refractivity contribution < 1.29 is 14.3 Å². The highest BCUT2D eigenvalue weighted by Gasteiger charge is 2.39. The van der Waals surface area contributed by atoms with Gasteiger partial charge in [0.15, 0.2) is 5.78 Å². The SMILES string of the molecule is COc1ccc(N2C(=O)C(Cc3ccccc3)N=C2N2CCN(c3ccc(C(C)=O)cc3)CC2)cc1. The van der Waals surface area contributed by atoms with Gasteiger partial charge in [-0.05, 0) is 61.0 Å². The first-order valence-corrected chi connectivity index (χ1v) is 12.2. The monoisotopic (exact) mass is 482 g/mol. The number of nitrogens with zero attached hydrogens (tertiary/aromatic N) is 4. The van der Waals surface area contributed by atoms with E-state index in [9.17, 15) is 9.59 Å². The van der Waals surface area contributed by atoms with Gasteiger partial charge in [0.25, 0.3) is 5.91 Å². The molecule has 1 atom stereocenters. The second kappa shape index (κ2) is 10.2. The van der Waals surface area contributed by atoms with E-state index in [4.69, 9.17) is 9.73 Å². The number of hydrogen-bond donors (Lipinski definition) is 0. The minimum atomic E-state index is -0.457. The summed E-state index contributed by atoms with van der Waals surface area (Å²) in [5.74, 6) is 1.51. The summed E-state index contributed by atoms with van der Waals surface area (Å²) in [6, 6.07) is 24.9. The van der Waals surface area contributed by atoms with Crippen LogP contribution in [0.15, 0.2) is 83.9 Å². The van der Waals surface area contributed by atoms with E-state index >= 15 is 0 Å². The molecule has 0 aromatic heterocycles. The highest BCUT2D eigenvalue weighted by Crippen LogP contribution is 2.28. The average molecular weight is 483 g/mol. The third-order valence-electron chi connectivity index (χ3n) is 6.78. The summed E-state index contributed by atoms with van der Waals surface area (Å²) in [7, 11) is 1.63. The number of piperazine rings is 1. The van der Waals surface area contributed by atoms with Crippen LogP contribution in [0, 0.1) is 0 Å². The van der Waals surface area contributed by atoms with Gasteiger partial charge in [-0.2, -0.15) is 0 Å². The summed E-state index contributed by atoms with van der Waals surface area (Å²) in [5.41, 5.74) is 3.69. The van der Waals surface area contributed by atoms with Crippen molar-refractivity contribution in [2.75, 3.05) is 43.1 Å². The van der Waals surface area contributed by atoms with Crippen molar-refractivity contribution in [2.24, 2.45) is 4.99 Å². The third-order valence-corrected chi connectivity index (χ3v) is 6.78. The van der Waals surface area contributed by atoms with E-state index < -0.39 is 6.04 Å². The van der Waals surface area contributed by atoms with Crippen LogP contribution in [-0.4, -0.2) is 61.9 Å². The van der Waals surface area contributed by atoms with Crippen LogP contribution in [-0.2, 0) is 11.2 Å². The number of ketones is 1. The zero-order valence-electron chi connectivity index (χ0n) is 20.6. The van der Waals surface area contributed by atoms with E-state index in [2.05, 4.69) is 9.80 Å². The normalized spacial score (nSPS) is 17.8. The number of carbonyl (C=O) groups is 2. The number of carbonyl (C=O) groups excluding carboxylic acids is 2. The Morgan fingerprint density at radius 2 is 1.47 bits per heavy atom. The van der Waals surface area contributed by atoms with Crippen molar-refractivity contribution in [3.63, 3.8) is 0 Å². The molecule has 2 aliphatic heterocycles. The molecule has 2 aliphatic rings. The van der Waals surface area contributed by atoms with E-state index in [0.29, 0.717) is 12.4 Å². The van der Waals surface area contributed by atoms with Gasteiger partial charge in [0, 0.05) is 43.9 Å². The molecule has 0 spiro atoms. The second-order valence-corrected chi connectivity index (χ2v) is 9.08. The quantitative estimate of drug-likeness (QED) is 0.497. The van der Waals surface area contributed by atoms with Crippen molar-refractivity contribution in [2.45, 2.75) is 19.4 Å². The summed E-state index contributed by atoms with van der Waals surface area (Å²) >= 11 is 0. The first kappa shape index (κ1) is 23.6. The lowest BCUT2D eigenvalue weighted by molar-refractivity contribution is -0.118. The zero-order valence-corrected chi connectivity index (χ0v) is 20.6. The smallest absolute Gasteiger partial charge is 0.259 e. The lowest BCUT2D eigenvalue weighted by Gasteiger charge is -2.38. The Morgan fingerprint density at radius 1 is 0.861 bits per heavy atom. The van der Waals surface area contributed by atoms with Gasteiger partial charge in [0.2, 0.25) is 5.96 Å². The maximum Gasteiger partial charge on any atom is 0.259 e. The number of ether oxygens (including phenoxy) is 1. The topological polar surface area (TPSA) is 65.5 Å². The molecular formula is C29H30N4O3. The molecule has 0 radical (unpaired) electrons. The van der Waals surface area contributed by atoms with Gasteiger partial charge in [-0.1, -0.05) is 30.3 Å². The molecule has 7 nitrogen and oxygen atoms in total. The number of amides is 1. The van der Waals surface area contributed by atoms with Crippen LogP contribution in [0.25, 0.3) is 0 Å². The van der Waals surface area contributed by atoms with E-state index in [-0.39, 0.29) is 11.7 Å². The fourth-order valence-corrected chi connectivity index (χ4v) is 4.74. The number of aliphatic imine (C=N–C) groups is 1. The summed E-state index contributed by atoms with van der Waals surface area (Å²) < 4.78 is 5.31. The summed E-state index contributed by atoms with van der Waals surface area (Å²) in [6.07, 6.45) is 0.568. The van der Waals surface area contributed by atoms with Gasteiger partial charge in [-0.25, -0.2) is 9.89 Å². The lowest BCUT2D eigenvalue weighted by Crippen LogP contribution is -2.53. The standard InChI is InChI=1S/C29H30N4O3/c1-21(34)23-8-10-24(11-9-23)31-16-18-32(19-17-31)29-30-27(20-22-6-4-3-5-7-22)28(35)33(29)25-12-14-26(36-2)15-13-25/h3-15,27H,16-20H2,1-2H3. The lowest BCUT2D eigenvalue weighted by atomic mass is 10.1. The summed E-state index contributed by atoms with van der Waals surface area (Å²) in [5, 5.41) is 0. The Kier molecular flexibility index (Phi) is 6.71. The highest BCUT2D eigenvalue weighted by atomic mass is 16.5. The number of hydrogen-bond acceptors (Lipinski definition) is 6. The van der Waals surface area contributed by atoms with Gasteiger partial charge in [0.05, 0.1) is 12.8 Å². The maximum atomic E-state index is 13.6. The predicted molar refractivity (Wildman–Crippen MR) is 142 cm³/mol. The largest absolute Gasteiger partial charge is 0.497 e. The van der Waals surface area contributed by atoms with Gasteiger partial charge in [0.1, 0.15) is 11.8 Å². The van der Waals surface area contributed by atoms with Gasteiger partial charge >= 0.3 is 0 Å². The molecule has 3 aromatic carbocycles. The molecule has 0 saturated carbocycles. The molecule has 3 aromatic rings. The summed E-state index contributed by atoms with van der Waals surface area (Å²) in [6.45, 7) is 4.66. The molecule has 2 heterocycles. The van der Waals surface area contributed by atoms with Crippen molar-refractivity contribution in [3.05, 3.63) is 90.0 Å². The van der Waals surface area contributed by atoms with Crippen molar-refractivity contribution >= 4 is 29.0 Å². The molecular weight excluding hydrogens is 452 g/mol. The van der Waals surface area contributed by atoms with Gasteiger partial charge in [-0.3, -0.25) is 9.59 Å². The molecule has 7 heteroatoms. The zero-order chi connectivity index (χ0) is 25.1. The number of benzene rings is 3. The third kappa shape index (κ3) is 4.82. The molecule has 0 N–H and O–H groups in total. The average Bonchev–Trinajstić information content (AvgIpc) is 3.25. The van der Waals surface area contributed by atoms with Crippen LogP contribution in [0.3, 0.4) is 0 Å². The van der Waals surface area contributed by atoms with Crippen molar-refractivity contribution in [3.8, 4) is 5.75 Å². The minimum absolute atomic E-state index is 0.0127. The van der Waals surface area contributed by atoms with E-state index in [0.717, 1.165) is 54.4 Å². The number of anilines is 2. The highest BCUT2D eigenvalue weighted by molar-refractivity contribution is 6.22.